The Labute approximate surface area is 114 Å². The molecule has 0 N–H and O–H groups in total. The second-order valence-corrected chi connectivity index (χ2v) is 5.07. The molecule has 18 heavy (non-hydrogen) atoms. The molecular formula is C13H11Cl2NO2. The van der Waals surface area contributed by atoms with E-state index in [0.29, 0.717) is 21.5 Å². The molecule has 3 nitrogen and oxygen atoms in total. The molecule has 0 saturated carbocycles. The number of hydrogen-bond donors (Lipinski definition) is 0. The summed E-state index contributed by atoms with van der Waals surface area (Å²) in [6, 6.07) is 3.05. The van der Waals surface area contributed by atoms with Crippen LogP contribution >= 0.6 is 23.2 Å². The highest BCUT2D eigenvalue weighted by molar-refractivity contribution is 6.38. The van der Waals surface area contributed by atoms with Crippen LogP contribution in [0.4, 0.5) is 0 Å². The van der Waals surface area contributed by atoms with Gasteiger partial charge in [-0.1, -0.05) is 43.1 Å². The lowest BCUT2D eigenvalue weighted by atomic mass is 10.2. The summed E-state index contributed by atoms with van der Waals surface area (Å²) < 4.78 is 5.08. The maximum Gasteiger partial charge on any atom is 0.347 e. The highest BCUT2D eigenvalue weighted by Gasteiger charge is 2.09. The van der Waals surface area contributed by atoms with Crippen molar-refractivity contribution < 1.29 is 4.42 Å². The average Bonchev–Trinajstić information content (AvgIpc) is 2.28. The molecule has 0 fully saturated rings. The van der Waals surface area contributed by atoms with Crippen molar-refractivity contribution in [3.63, 3.8) is 0 Å². The Morgan fingerprint density at radius 2 is 2.06 bits per heavy atom. The number of rotatable bonds is 2. The zero-order valence-electron chi connectivity index (χ0n) is 9.91. The van der Waals surface area contributed by atoms with Gasteiger partial charge in [-0.15, -0.1) is 0 Å². The molecule has 0 aliphatic rings. The van der Waals surface area contributed by atoms with E-state index in [2.05, 4.69) is 4.98 Å². The molecular weight excluding hydrogens is 273 g/mol. The molecule has 0 aliphatic carbocycles. The van der Waals surface area contributed by atoms with Crippen molar-refractivity contribution in [2.24, 2.45) is 5.92 Å². The number of aromatic nitrogens is 1. The van der Waals surface area contributed by atoms with Crippen molar-refractivity contribution in [2.75, 3.05) is 0 Å². The smallest absolute Gasteiger partial charge is 0.347 e. The first-order chi connectivity index (χ1) is 8.47. The summed E-state index contributed by atoms with van der Waals surface area (Å²) in [4.78, 5) is 16.0. The van der Waals surface area contributed by atoms with Gasteiger partial charge < -0.3 is 4.42 Å². The van der Waals surface area contributed by atoms with Crippen LogP contribution in [-0.4, -0.2) is 4.98 Å². The summed E-state index contributed by atoms with van der Waals surface area (Å²) in [5.74, 6) is 0.582. The van der Waals surface area contributed by atoms with E-state index in [1.54, 1.807) is 12.1 Å². The van der Waals surface area contributed by atoms with E-state index < -0.39 is 5.63 Å². The third kappa shape index (κ3) is 2.74. The molecule has 0 spiro atoms. The minimum atomic E-state index is -0.493. The first kappa shape index (κ1) is 13.1. The van der Waals surface area contributed by atoms with Gasteiger partial charge in [0.15, 0.2) is 0 Å². The average molecular weight is 284 g/mol. The summed E-state index contributed by atoms with van der Waals surface area (Å²) in [6.45, 7) is 4.03. The third-order valence-corrected chi connectivity index (χ3v) is 2.80. The normalized spacial score (nSPS) is 11.8. The molecule has 2 aromatic rings. The van der Waals surface area contributed by atoms with Crippen molar-refractivity contribution in [1.82, 2.24) is 4.98 Å². The third-order valence-electron chi connectivity index (χ3n) is 2.29. The Kier molecular flexibility index (Phi) is 3.73. The lowest BCUT2D eigenvalue weighted by Crippen LogP contribution is -2.03. The quantitative estimate of drug-likeness (QED) is 0.831. The van der Waals surface area contributed by atoms with Gasteiger partial charge in [0.25, 0.3) is 0 Å². The maximum absolute atomic E-state index is 11.8. The van der Waals surface area contributed by atoms with Crippen molar-refractivity contribution >= 4 is 40.2 Å². The van der Waals surface area contributed by atoms with Crippen LogP contribution in [0.5, 0.6) is 0 Å². The van der Waals surface area contributed by atoms with Crippen molar-refractivity contribution in [2.45, 2.75) is 13.8 Å². The minimum absolute atomic E-state index is 0.241. The summed E-state index contributed by atoms with van der Waals surface area (Å²) in [5.41, 5.74) is -0.0893. The van der Waals surface area contributed by atoms with Gasteiger partial charge in [-0.05, 0) is 24.1 Å². The van der Waals surface area contributed by atoms with Crippen LogP contribution < -0.4 is 5.63 Å². The Morgan fingerprint density at radius 1 is 1.33 bits per heavy atom. The van der Waals surface area contributed by atoms with Gasteiger partial charge in [0, 0.05) is 5.02 Å². The molecule has 0 bridgehead atoms. The first-order valence-corrected chi connectivity index (χ1v) is 6.21. The Hall–Kier alpha value is -1.32. The standard InChI is InChI=1S/C13H11Cl2NO2/c1-7(2)3-4-11-16-12-9(13(17)18-11)5-8(14)6-10(12)15/h3-7H,1-2H3. The van der Waals surface area contributed by atoms with Crippen molar-refractivity contribution in [1.29, 1.82) is 0 Å². The SMILES string of the molecule is CC(C)C=Cc1nc2c(Cl)cc(Cl)cc2c(=O)o1. The highest BCUT2D eigenvalue weighted by atomic mass is 35.5. The van der Waals surface area contributed by atoms with Crippen LogP contribution in [0.15, 0.2) is 27.4 Å². The van der Waals surface area contributed by atoms with E-state index in [0.717, 1.165) is 0 Å². The van der Waals surface area contributed by atoms with Gasteiger partial charge in [0.05, 0.1) is 10.4 Å². The predicted octanol–water partition coefficient (Wildman–Crippen LogP) is 4.16. The van der Waals surface area contributed by atoms with Gasteiger partial charge in [0.2, 0.25) is 5.89 Å². The molecule has 0 unspecified atom stereocenters. The fourth-order valence-electron chi connectivity index (χ4n) is 1.46. The van der Waals surface area contributed by atoms with Crippen LogP contribution in [0.25, 0.3) is 17.0 Å². The minimum Gasteiger partial charge on any atom is -0.404 e. The number of hydrogen-bond acceptors (Lipinski definition) is 3. The molecule has 1 aromatic carbocycles. The number of benzene rings is 1. The lowest BCUT2D eigenvalue weighted by Gasteiger charge is -2.01. The van der Waals surface area contributed by atoms with E-state index in [9.17, 15) is 4.79 Å². The fourth-order valence-corrected chi connectivity index (χ4v) is 2.00. The highest BCUT2D eigenvalue weighted by Crippen LogP contribution is 2.24. The number of halogens is 2. The van der Waals surface area contributed by atoms with Gasteiger partial charge >= 0.3 is 5.63 Å². The zero-order chi connectivity index (χ0) is 13.3. The van der Waals surface area contributed by atoms with Crippen molar-refractivity contribution in [3.05, 3.63) is 44.6 Å². The van der Waals surface area contributed by atoms with Gasteiger partial charge in [0.1, 0.15) is 5.52 Å². The number of allylic oxidation sites excluding steroid dienone is 1. The fraction of sp³-hybridized carbons (Fsp3) is 0.231. The van der Waals surface area contributed by atoms with E-state index in [-0.39, 0.29) is 11.3 Å². The van der Waals surface area contributed by atoms with E-state index in [1.165, 1.54) is 6.07 Å². The molecule has 1 heterocycles. The largest absolute Gasteiger partial charge is 0.404 e. The summed E-state index contributed by atoms with van der Waals surface area (Å²) >= 11 is 11.8. The Morgan fingerprint density at radius 3 is 2.72 bits per heavy atom. The lowest BCUT2D eigenvalue weighted by molar-refractivity contribution is 0.490. The summed E-state index contributed by atoms with van der Waals surface area (Å²) in [7, 11) is 0. The molecule has 94 valence electrons. The molecule has 1 aromatic heterocycles. The monoisotopic (exact) mass is 283 g/mol. The van der Waals surface area contributed by atoms with Gasteiger partial charge in [-0.2, -0.15) is 0 Å². The molecule has 0 atom stereocenters. The topological polar surface area (TPSA) is 43.1 Å². The first-order valence-electron chi connectivity index (χ1n) is 5.45. The van der Waals surface area contributed by atoms with E-state index in [4.69, 9.17) is 27.6 Å². The van der Waals surface area contributed by atoms with Gasteiger partial charge in [-0.3, -0.25) is 0 Å². The van der Waals surface area contributed by atoms with E-state index >= 15 is 0 Å². The van der Waals surface area contributed by atoms with Gasteiger partial charge in [-0.25, -0.2) is 9.78 Å². The predicted molar refractivity (Wildman–Crippen MR) is 74.2 cm³/mol. The van der Waals surface area contributed by atoms with Crippen LogP contribution in [0, 0.1) is 5.92 Å². The van der Waals surface area contributed by atoms with Crippen LogP contribution in [0.3, 0.4) is 0 Å². The van der Waals surface area contributed by atoms with E-state index in [1.807, 2.05) is 19.9 Å². The number of fused-ring (bicyclic) bond motifs is 1. The second kappa shape index (κ2) is 5.12. The molecule has 0 radical (unpaired) electrons. The summed E-state index contributed by atoms with van der Waals surface area (Å²) in [6.07, 6.45) is 3.55. The van der Waals surface area contributed by atoms with Crippen LogP contribution in [0.1, 0.15) is 19.7 Å². The van der Waals surface area contributed by atoms with Crippen LogP contribution in [-0.2, 0) is 0 Å². The maximum atomic E-state index is 11.8. The van der Waals surface area contributed by atoms with Crippen LogP contribution in [0.2, 0.25) is 10.0 Å². The molecule has 0 aliphatic heterocycles. The molecule has 0 saturated heterocycles. The Balaban J connectivity index is 2.66. The second-order valence-electron chi connectivity index (χ2n) is 4.23. The molecule has 0 amide bonds. The molecule has 2 rings (SSSR count). The number of nitrogens with zero attached hydrogens (tertiary/aromatic N) is 1. The Bertz CT molecular complexity index is 674. The summed E-state index contributed by atoms with van der Waals surface area (Å²) in [5, 5.41) is 1.01. The zero-order valence-corrected chi connectivity index (χ0v) is 11.4. The van der Waals surface area contributed by atoms with Crippen molar-refractivity contribution in [3.8, 4) is 0 Å². The molecule has 5 heteroatoms.